The molecule has 3 amide bonds. The second-order valence-electron chi connectivity index (χ2n) is 7.18. The van der Waals surface area contributed by atoms with Gasteiger partial charge in [0, 0.05) is 51.4 Å². The Balaban J connectivity index is 1.44. The summed E-state index contributed by atoms with van der Waals surface area (Å²) >= 11 is 0. The summed E-state index contributed by atoms with van der Waals surface area (Å²) in [4.78, 5) is 27.8. The van der Waals surface area contributed by atoms with E-state index < -0.39 is 0 Å². The smallest absolute Gasteiger partial charge is 0.317 e. The zero-order valence-corrected chi connectivity index (χ0v) is 16.0. The van der Waals surface area contributed by atoms with Crippen molar-refractivity contribution >= 4 is 11.9 Å². The first kappa shape index (κ1) is 18.9. The van der Waals surface area contributed by atoms with Crippen LogP contribution in [0.25, 0.3) is 0 Å². The van der Waals surface area contributed by atoms with Gasteiger partial charge in [-0.25, -0.2) is 4.79 Å². The molecule has 1 fully saturated rings. The molecular formula is C20H27N5O2. The van der Waals surface area contributed by atoms with Crippen LogP contribution < -0.4 is 5.32 Å². The average molecular weight is 369 g/mol. The van der Waals surface area contributed by atoms with E-state index in [0.29, 0.717) is 26.2 Å². The van der Waals surface area contributed by atoms with Crippen LogP contribution in [0.15, 0.2) is 42.7 Å². The molecule has 0 unspecified atom stereocenters. The Labute approximate surface area is 159 Å². The van der Waals surface area contributed by atoms with Gasteiger partial charge in [0.15, 0.2) is 0 Å². The summed E-state index contributed by atoms with van der Waals surface area (Å²) in [5, 5.41) is 7.31. The van der Waals surface area contributed by atoms with Gasteiger partial charge < -0.3 is 15.1 Å². The topological polar surface area (TPSA) is 70.5 Å². The Kier molecular flexibility index (Phi) is 6.11. The quantitative estimate of drug-likeness (QED) is 0.876. The SMILES string of the molecule is CN(C)C(=O)C1CCN(C(=O)NCc2cnn(Cc3ccccc3)c2)CC1. The monoisotopic (exact) mass is 369 g/mol. The number of urea groups is 1. The third kappa shape index (κ3) is 5.09. The lowest BCUT2D eigenvalue weighted by Gasteiger charge is -2.32. The van der Waals surface area contributed by atoms with E-state index in [0.717, 1.165) is 18.4 Å². The fourth-order valence-electron chi connectivity index (χ4n) is 3.34. The van der Waals surface area contributed by atoms with E-state index in [1.54, 1.807) is 30.1 Å². The number of nitrogens with zero attached hydrogens (tertiary/aromatic N) is 4. The molecule has 1 aromatic carbocycles. The molecule has 7 nitrogen and oxygen atoms in total. The van der Waals surface area contributed by atoms with Crippen molar-refractivity contribution in [3.8, 4) is 0 Å². The molecule has 7 heteroatoms. The van der Waals surface area contributed by atoms with Crippen LogP contribution in [0.3, 0.4) is 0 Å². The van der Waals surface area contributed by atoms with Gasteiger partial charge in [-0.1, -0.05) is 30.3 Å². The zero-order valence-electron chi connectivity index (χ0n) is 16.0. The highest BCUT2D eigenvalue weighted by molar-refractivity contribution is 5.79. The summed E-state index contributed by atoms with van der Waals surface area (Å²) in [7, 11) is 3.55. The second kappa shape index (κ2) is 8.70. The minimum atomic E-state index is -0.0819. The van der Waals surface area contributed by atoms with Gasteiger partial charge >= 0.3 is 6.03 Å². The summed E-state index contributed by atoms with van der Waals surface area (Å²) < 4.78 is 1.87. The van der Waals surface area contributed by atoms with Crippen LogP contribution in [0.1, 0.15) is 24.0 Å². The van der Waals surface area contributed by atoms with Crippen LogP contribution in [0.5, 0.6) is 0 Å². The highest BCUT2D eigenvalue weighted by Gasteiger charge is 2.28. The average Bonchev–Trinajstić information content (AvgIpc) is 3.13. The third-order valence-corrected chi connectivity index (χ3v) is 4.89. The lowest BCUT2D eigenvalue weighted by molar-refractivity contribution is -0.134. The molecule has 0 aliphatic carbocycles. The minimum Gasteiger partial charge on any atom is -0.349 e. The zero-order chi connectivity index (χ0) is 19.2. The number of nitrogens with one attached hydrogen (secondary N) is 1. The number of benzene rings is 1. The van der Waals surface area contributed by atoms with Crippen molar-refractivity contribution in [1.82, 2.24) is 24.9 Å². The Morgan fingerprint density at radius 1 is 1.15 bits per heavy atom. The van der Waals surface area contributed by atoms with Crippen molar-refractivity contribution in [2.75, 3.05) is 27.2 Å². The number of amides is 3. The van der Waals surface area contributed by atoms with E-state index in [4.69, 9.17) is 0 Å². The second-order valence-corrected chi connectivity index (χ2v) is 7.18. The standard InChI is InChI=1S/C20H27N5O2/c1-23(2)19(26)18-8-10-24(11-9-18)20(27)21-12-17-13-22-25(15-17)14-16-6-4-3-5-7-16/h3-7,13,15,18H,8-12,14H2,1-2H3,(H,21,27). The third-order valence-electron chi connectivity index (χ3n) is 4.89. The summed E-state index contributed by atoms with van der Waals surface area (Å²) in [5.74, 6) is 0.182. The number of hydrogen-bond donors (Lipinski definition) is 1. The predicted molar refractivity (Wildman–Crippen MR) is 103 cm³/mol. The number of rotatable bonds is 5. The Morgan fingerprint density at radius 3 is 2.52 bits per heavy atom. The molecule has 0 atom stereocenters. The van der Waals surface area contributed by atoms with Crippen LogP contribution >= 0.6 is 0 Å². The van der Waals surface area contributed by atoms with E-state index >= 15 is 0 Å². The number of carbonyl (C=O) groups is 2. The first-order valence-corrected chi connectivity index (χ1v) is 9.32. The largest absolute Gasteiger partial charge is 0.349 e. The molecule has 2 heterocycles. The van der Waals surface area contributed by atoms with Crippen LogP contribution in [0.4, 0.5) is 4.79 Å². The van der Waals surface area contributed by atoms with E-state index in [1.165, 1.54) is 5.56 Å². The number of carbonyl (C=O) groups excluding carboxylic acids is 2. The molecule has 144 valence electrons. The van der Waals surface area contributed by atoms with Gasteiger partial charge in [-0.05, 0) is 18.4 Å². The lowest BCUT2D eigenvalue weighted by Crippen LogP contribution is -2.46. The fraction of sp³-hybridized carbons (Fsp3) is 0.450. The van der Waals surface area contributed by atoms with Crippen LogP contribution in [0, 0.1) is 5.92 Å². The number of piperidine rings is 1. The first-order chi connectivity index (χ1) is 13.0. The molecule has 1 aromatic heterocycles. The highest BCUT2D eigenvalue weighted by atomic mass is 16.2. The van der Waals surface area contributed by atoms with E-state index in [1.807, 2.05) is 29.1 Å². The maximum absolute atomic E-state index is 12.4. The van der Waals surface area contributed by atoms with Gasteiger partial charge in [0.25, 0.3) is 0 Å². The maximum atomic E-state index is 12.4. The van der Waals surface area contributed by atoms with Gasteiger partial charge in [-0.2, -0.15) is 5.10 Å². The van der Waals surface area contributed by atoms with Gasteiger partial charge in [-0.15, -0.1) is 0 Å². The normalized spacial score (nSPS) is 14.8. The van der Waals surface area contributed by atoms with Crippen LogP contribution in [-0.2, 0) is 17.9 Å². The Bertz CT molecular complexity index is 764. The summed E-state index contributed by atoms with van der Waals surface area (Å²) in [6, 6.07) is 10.1. The van der Waals surface area contributed by atoms with Crippen LogP contribution in [-0.4, -0.2) is 58.7 Å². The summed E-state index contributed by atoms with van der Waals surface area (Å²) in [6.07, 6.45) is 5.18. The van der Waals surface area contributed by atoms with Crippen molar-refractivity contribution in [1.29, 1.82) is 0 Å². The Hall–Kier alpha value is -2.83. The number of hydrogen-bond acceptors (Lipinski definition) is 3. The van der Waals surface area contributed by atoms with E-state index in [2.05, 4.69) is 22.5 Å². The number of aromatic nitrogens is 2. The predicted octanol–water partition coefficient (Wildman–Crippen LogP) is 1.94. The summed E-state index contributed by atoms with van der Waals surface area (Å²) in [5.41, 5.74) is 2.16. The van der Waals surface area contributed by atoms with Crippen molar-refractivity contribution in [2.45, 2.75) is 25.9 Å². The molecule has 0 bridgehead atoms. The molecule has 1 aliphatic heterocycles. The van der Waals surface area contributed by atoms with Gasteiger partial charge in [0.1, 0.15) is 0 Å². The molecule has 1 N–H and O–H groups in total. The number of likely N-dealkylation sites (tertiary alicyclic amines) is 1. The van der Waals surface area contributed by atoms with Crippen LogP contribution in [0.2, 0.25) is 0 Å². The molecule has 3 rings (SSSR count). The Morgan fingerprint density at radius 2 is 1.85 bits per heavy atom. The van der Waals surface area contributed by atoms with Crippen molar-refractivity contribution in [3.05, 3.63) is 53.9 Å². The lowest BCUT2D eigenvalue weighted by atomic mass is 9.96. The molecular weight excluding hydrogens is 342 g/mol. The highest BCUT2D eigenvalue weighted by Crippen LogP contribution is 2.19. The fourth-order valence-corrected chi connectivity index (χ4v) is 3.34. The molecule has 1 aliphatic rings. The van der Waals surface area contributed by atoms with E-state index in [-0.39, 0.29) is 17.9 Å². The molecule has 0 radical (unpaired) electrons. The van der Waals surface area contributed by atoms with Crippen molar-refractivity contribution in [2.24, 2.45) is 5.92 Å². The van der Waals surface area contributed by atoms with Gasteiger partial charge in [0.05, 0.1) is 12.7 Å². The molecule has 0 spiro atoms. The molecule has 27 heavy (non-hydrogen) atoms. The maximum Gasteiger partial charge on any atom is 0.317 e. The minimum absolute atomic E-state index is 0.0280. The first-order valence-electron chi connectivity index (χ1n) is 9.32. The van der Waals surface area contributed by atoms with Gasteiger partial charge in [0.2, 0.25) is 5.91 Å². The summed E-state index contributed by atoms with van der Waals surface area (Å²) in [6.45, 7) is 2.39. The van der Waals surface area contributed by atoms with E-state index in [9.17, 15) is 9.59 Å². The molecule has 0 saturated carbocycles. The van der Waals surface area contributed by atoms with Crippen molar-refractivity contribution in [3.63, 3.8) is 0 Å². The molecule has 2 aromatic rings. The van der Waals surface area contributed by atoms with Gasteiger partial charge in [-0.3, -0.25) is 9.48 Å². The molecule has 1 saturated heterocycles. The van der Waals surface area contributed by atoms with Crippen molar-refractivity contribution < 1.29 is 9.59 Å².